The molecule has 0 radical (unpaired) electrons. The largest absolute Gasteiger partial charge is 0.495 e. The van der Waals surface area contributed by atoms with Gasteiger partial charge in [0.05, 0.1) is 68.9 Å². The van der Waals surface area contributed by atoms with E-state index < -0.39 is 15.8 Å². The predicted octanol–water partition coefficient (Wildman–Crippen LogP) is 3.13. The molecule has 0 atom stereocenters. The molecular weight excluding hydrogens is 662 g/mol. The lowest BCUT2D eigenvalue weighted by Gasteiger charge is -2.27. The average Bonchev–Trinajstić information content (AvgIpc) is 3.14. The van der Waals surface area contributed by atoms with Crippen molar-refractivity contribution in [2.75, 3.05) is 79.7 Å². The summed E-state index contributed by atoms with van der Waals surface area (Å²) in [5.41, 5.74) is 6.76. The van der Waals surface area contributed by atoms with Crippen LogP contribution in [0.5, 0.6) is 17.2 Å². The number of benzene rings is 3. The molecule has 0 spiro atoms. The van der Waals surface area contributed by atoms with Gasteiger partial charge in [-0.3, -0.25) is 29.8 Å². The zero-order valence-electron chi connectivity index (χ0n) is 27.6. The van der Waals surface area contributed by atoms with Gasteiger partial charge in [0, 0.05) is 61.6 Å². The second-order valence-corrected chi connectivity index (χ2v) is 10.4. The van der Waals surface area contributed by atoms with Gasteiger partial charge in [-0.05, 0) is 30.3 Å². The van der Waals surface area contributed by atoms with E-state index in [0.717, 1.165) is 18.2 Å². The number of anilines is 1. The van der Waals surface area contributed by atoms with Gasteiger partial charge in [-0.2, -0.15) is 0 Å². The Hall–Kier alpha value is -6.01. The van der Waals surface area contributed by atoms with Crippen molar-refractivity contribution < 1.29 is 53.0 Å². The number of nitrogens with zero attached hydrogens (tertiary/aromatic N) is 4. The maximum atomic E-state index is 12.2. The van der Waals surface area contributed by atoms with Gasteiger partial charge in [-0.15, -0.1) is 0 Å². The minimum Gasteiger partial charge on any atom is -0.495 e. The summed E-state index contributed by atoms with van der Waals surface area (Å²) in [6.45, 7) is 4.52. The van der Waals surface area contributed by atoms with E-state index in [9.17, 15) is 34.6 Å². The predicted molar refractivity (Wildman–Crippen MR) is 177 cm³/mol. The summed E-state index contributed by atoms with van der Waals surface area (Å²) in [4.78, 5) is 58.3. The van der Waals surface area contributed by atoms with Crippen molar-refractivity contribution in [3.8, 4) is 17.2 Å². The monoisotopic (exact) mass is 699 g/mol. The molecule has 2 aliphatic rings. The highest BCUT2D eigenvalue weighted by molar-refractivity contribution is 5.96. The molecule has 3 aromatic rings. The molecule has 5 rings (SSSR count). The van der Waals surface area contributed by atoms with E-state index in [1.807, 2.05) is 0 Å². The number of carboxylic acids is 1. The van der Waals surface area contributed by atoms with Crippen LogP contribution >= 0.6 is 0 Å². The van der Waals surface area contributed by atoms with Crippen molar-refractivity contribution in [2.45, 2.75) is 0 Å². The molecule has 18 nitrogen and oxygen atoms in total. The van der Waals surface area contributed by atoms with Gasteiger partial charge in [0.15, 0.2) is 11.5 Å². The Morgan fingerprint density at radius 2 is 1.02 bits per heavy atom. The standard InChI is InChI=1S/C12H14N2O5.C12H16N2O3.C8H7NO5/c1-18-11-8-9(2-3-10(11)14(16)17)12(15)13-4-6-19-7-5-13;1-16-11-8-9(2-3-10(11)13)12(15)14-4-6-17-7-5-14;1-14-7-4-5(8(10)11)2-3-6(7)9(12)13/h2-3,8H,4-7H2,1H3;2-3,8H,4-7,13H2,1H3;2-4H,1H3,(H,10,11). The second-order valence-electron chi connectivity index (χ2n) is 10.4. The van der Waals surface area contributed by atoms with Crippen LogP contribution in [0.1, 0.15) is 31.1 Å². The summed E-state index contributed by atoms with van der Waals surface area (Å²) in [7, 11) is 4.12. The zero-order valence-corrected chi connectivity index (χ0v) is 27.6. The first-order valence-corrected chi connectivity index (χ1v) is 15.0. The molecule has 2 amide bonds. The van der Waals surface area contributed by atoms with E-state index in [2.05, 4.69) is 0 Å². The molecule has 2 aliphatic heterocycles. The Labute approximate surface area is 286 Å². The van der Waals surface area contributed by atoms with Gasteiger partial charge in [0.1, 0.15) is 5.75 Å². The Bertz CT molecular complexity index is 1690. The molecule has 0 aliphatic carbocycles. The molecule has 18 heteroatoms. The normalized spacial score (nSPS) is 13.7. The minimum absolute atomic E-state index is 0.00778. The second kappa shape index (κ2) is 18.5. The van der Waals surface area contributed by atoms with Gasteiger partial charge >= 0.3 is 17.3 Å². The van der Waals surface area contributed by atoms with E-state index in [1.54, 1.807) is 28.0 Å². The molecule has 2 heterocycles. The van der Waals surface area contributed by atoms with Crippen LogP contribution in [-0.4, -0.2) is 116 Å². The molecule has 0 saturated carbocycles. The van der Waals surface area contributed by atoms with Crippen LogP contribution in [0.2, 0.25) is 0 Å². The molecule has 50 heavy (non-hydrogen) atoms. The number of carboxylic acid groups (broad SMARTS) is 1. The number of hydrogen-bond acceptors (Lipinski definition) is 13. The number of nitro groups is 2. The first-order valence-electron chi connectivity index (χ1n) is 15.0. The Balaban J connectivity index is 0.000000205. The zero-order chi connectivity index (χ0) is 36.8. The number of carbonyl (C=O) groups is 3. The van der Waals surface area contributed by atoms with Crippen molar-refractivity contribution in [3.05, 3.63) is 91.5 Å². The maximum absolute atomic E-state index is 12.2. The Morgan fingerprint density at radius 1 is 0.660 bits per heavy atom. The van der Waals surface area contributed by atoms with Crippen LogP contribution in [0.25, 0.3) is 0 Å². The van der Waals surface area contributed by atoms with Crippen LogP contribution in [0.3, 0.4) is 0 Å². The number of nitrogen functional groups attached to an aromatic ring is 1. The first kappa shape index (κ1) is 38.4. The van der Waals surface area contributed by atoms with E-state index in [1.165, 1.54) is 39.5 Å². The number of aromatic carboxylic acids is 1. The summed E-state index contributed by atoms with van der Waals surface area (Å²) in [5.74, 6) is -0.774. The number of nitrogens with two attached hydrogens (primary N) is 1. The number of rotatable bonds is 8. The molecule has 2 saturated heterocycles. The Kier molecular flexibility index (Phi) is 14.2. The molecular formula is C32H37N5O13. The van der Waals surface area contributed by atoms with E-state index in [0.29, 0.717) is 75.2 Å². The van der Waals surface area contributed by atoms with Crippen LogP contribution in [0.15, 0.2) is 54.6 Å². The van der Waals surface area contributed by atoms with Gasteiger partial charge in [-0.25, -0.2) is 4.79 Å². The average molecular weight is 700 g/mol. The third-order valence-electron chi connectivity index (χ3n) is 7.32. The highest BCUT2D eigenvalue weighted by Gasteiger charge is 2.23. The highest BCUT2D eigenvalue weighted by atomic mass is 16.6. The lowest BCUT2D eigenvalue weighted by molar-refractivity contribution is -0.385. The topological polar surface area (TPSA) is 236 Å². The highest BCUT2D eigenvalue weighted by Crippen LogP contribution is 2.29. The summed E-state index contributed by atoms with van der Waals surface area (Å²) in [6, 6.07) is 12.6. The van der Waals surface area contributed by atoms with Crippen molar-refractivity contribution in [1.29, 1.82) is 0 Å². The van der Waals surface area contributed by atoms with E-state index >= 15 is 0 Å². The molecule has 0 aromatic heterocycles. The van der Waals surface area contributed by atoms with Gasteiger partial charge in [0.2, 0.25) is 0 Å². The SMILES string of the molecule is COc1cc(C(=O)N2CCOCC2)ccc1N.COc1cc(C(=O)N2CCOCC2)ccc1[N+](=O)[O-].COc1cc(C(=O)O)ccc1[N+](=O)[O-]. The number of carbonyl (C=O) groups excluding carboxylic acids is 2. The smallest absolute Gasteiger partial charge is 0.335 e. The van der Waals surface area contributed by atoms with Crippen LogP contribution < -0.4 is 19.9 Å². The number of hydrogen-bond donors (Lipinski definition) is 2. The van der Waals surface area contributed by atoms with E-state index in [-0.39, 0.29) is 40.3 Å². The molecule has 3 aromatic carbocycles. The first-order chi connectivity index (χ1) is 23.9. The fraction of sp³-hybridized carbons (Fsp3) is 0.344. The molecule has 268 valence electrons. The maximum Gasteiger partial charge on any atom is 0.335 e. The van der Waals surface area contributed by atoms with Crippen LogP contribution in [-0.2, 0) is 9.47 Å². The van der Waals surface area contributed by atoms with Crippen molar-refractivity contribution in [2.24, 2.45) is 0 Å². The van der Waals surface area contributed by atoms with Crippen LogP contribution in [0.4, 0.5) is 17.1 Å². The minimum atomic E-state index is -1.15. The summed E-state index contributed by atoms with van der Waals surface area (Å²) in [5, 5.41) is 29.8. The summed E-state index contributed by atoms with van der Waals surface area (Å²) < 4.78 is 25.1. The summed E-state index contributed by atoms with van der Waals surface area (Å²) >= 11 is 0. The third kappa shape index (κ3) is 10.2. The molecule has 0 unspecified atom stereocenters. The van der Waals surface area contributed by atoms with Gasteiger partial charge in [-0.1, -0.05) is 0 Å². The lowest BCUT2D eigenvalue weighted by Crippen LogP contribution is -2.40. The number of amides is 2. The number of ether oxygens (including phenoxy) is 5. The molecule has 0 bridgehead atoms. The quantitative estimate of drug-likeness (QED) is 0.195. The van der Waals surface area contributed by atoms with Gasteiger partial charge < -0.3 is 44.3 Å². The number of nitro benzene ring substituents is 2. The Morgan fingerprint density at radius 3 is 1.40 bits per heavy atom. The number of morpholine rings is 2. The van der Waals surface area contributed by atoms with Crippen molar-refractivity contribution in [1.82, 2.24) is 9.80 Å². The fourth-order valence-electron chi connectivity index (χ4n) is 4.67. The van der Waals surface area contributed by atoms with Gasteiger partial charge in [0.25, 0.3) is 11.8 Å². The molecule has 3 N–H and O–H groups in total. The third-order valence-corrected chi connectivity index (χ3v) is 7.32. The van der Waals surface area contributed by atoms with Crippen molar-refractivity contribution in [3.63, 3.8) is 0 Å². The van der Waals surface area contributed by atoms with Crippen molar-refractivity contribution >= 4 is 34.8 Å². The van der Waals surface area contributed by atoms with E-state index in [4.69, 9.17) is 34.5 Å². The number of methoxy groups -OCH3 is 3. The van der Waals surface area contributed by atoms with Crippen LogP contribution in [0, 0.1) is 20.2 Å². The fourth-order valence-corrected chi connectivity index (χ4v) is 4.67. The lowest BCUT2D eigenvalue weighted by atomic mass is 10.1. The summed E-state index contributed by atoms with van der Waals surface area (Å²) in [6.07, 6.45) is 0. The molecule has 2 fully saturated rings.